The van der Waals surface area contributed by atoms with Gasteiger partial charge in [-0.15, -0.1) is 0 Å². The average Bonchev–Trinajstić information content (AvgIpc) is 3.58. The van der Waals surface area contributed by atoms with Gasteiger partial charge in [-0.25, -0.2) is 4.18 Å². The van der Waals surface area contributed by atoms with Crippen molar-refractivity contribution in [3.05, 3.63) is 11.6 Å². The van der Waals surface area contributed by atoms with Crippen molar-refractivity contribution < 1.29 is 71.1 Å². The Hall–Kier alpha value is -0.830. The van der Waals surface area contributed by atoms with E-state index in [0.717, 1.165) is 45.1 Å². The summed E-state index contributed by atoms with van der Waals surface area (Å²) in [5.41, 5.74) is 1.62. The van der Waals surface area contributed by atoms with E-state index in [4.69, 9.17) is 33.0 Å². The van der Waals surface area contributed by atoms with E-state index in [1.807, 2.05) is 0 Å². The lowest BCUT2D eigenvalue weighted by atomic mass is 9.47. The highest BCUT2D eigenvalue weighted by atomic mass is 32.3. The van der Waals surface area contributed by atoms with Gasteiger partial charge in [0.25, 0.3) is 0 Å². The number of aliphatic hydroxyl groups excluding tert-OH is 5. The van der Waals surface area contributed by atoms with Crippen LogP contribution in [0, 0.1) is 46.3 Å². The maximum atomic E-state index is 11.4. The second-order valence-electron chi connectivity index (χ2n) is 18.8. The van der Waals surface area contributed by atoms with Crippen LogP contribution >= 0.6 is 0 Å². The van der Waals surface area contributed by atoms with Crippen LogP contribution in [0.4, 0.5) is 0 Å². The van der Waals surface area contributed by atoms with E-state index in [1.165, 1.54) is 25.3 Å². The Bertz CT molecular complexity index is 1550. The molecule has 4 aliphatic heterocycles. The standard InChI is InChI=1S/C39H62O15S/c1-18-8-13-39(48-17-18)19(2)28-26(53-39)15-25-23-7-6-21-14-22(9-11-37(21,4)24(23)10-12-38(25,28)5)50-35-31(43)30(42)33(27(16-40)51-35)52-36-32(44)34(54-55(45,46)47)29(41)20(3)49-36/h6,18-20,22-36,40-44H,7-17H2,1-5H3,(H,45,46,47)/t18-,19+,20+,22+,23-,24+,25-,26+,27-,28+,29+,30-,31-,32-,33-,34-,35-,36-,37+,38+,39-/m1/s1. The lowest BCUT2D eigenvalue weighted by Crippen LogP contribution is -2.64. The molecule has 55 heavy (non-hydrogen) atoms. The van der Waals surface area contributed by atoms with Crippen LogP contribution in [0.3, 0.4) is 0 Å². The van der Waals surface area contributed by atoms with Gasteiger partial charge in [-0.3, -0.25) is 4.55 Å². The van der Waals surface area contributed by atoms with Gasteiger partial charge in [0.15, 0.2) is 18.4 Å². The molecule has 0 aromatic rings. The molecular weight excluding hydrogens is 740 g/mol. The number of hydrogen-bond donors (Lipinski definition) is 6. The Kier molecular flexibility index (Phi) is 10.9. The van der Waals surface area contributed by atoms with Crippen LogP contribution in [-0.4, -0.2) is 131 Å². The molecule has 4 saturated heterocycles. The lowest BCUT2D eigenvalue weighted by molar-refractivity contribution is -0.359. The molecule has 16 heteroatoms. The fourth-order valence-electron chi connectivity index (χ4n) is 12.8. The number of hydrogen-bond acceptors (Lipinski definition) is 14. The number of ether oxygens (including phenoxy) is 6. The summed E-state index contributed by atoms with van der Waals surface area (Å²) in [5, 5.41) is 53.7. The largest absolute Gasteiger partial charge is 0.397 e. The van der Waals surface area contributed by atoms with Crippen LogP contribution in [-0.2, 0) is 43.0 Å². The summed E-state index contributed by atoms with van der Waals surface area (Å²) >= 11 is 0. The summed E-state index contributed by atoms with van der Waals surface area (Å²) in [7, 11) is -5.07. The summed E-state index contributed by atoms with van der Waals surface area (Å²) < 4.78 is 73.4. The quantitative estimate of drug-likeness (QED) is 0.161. The van der Waals surface area contributed by atoms with Crippen molar-refractivity contribution in [2.45, 2.75) is 172 Å². The Labute approximate surface area is 323 Å². The van der Waals surface area contributed by atoms with Gasteiger partial charge in [0, 0.05) is 12.3 Å². The first-order valence-electron chi connectivity index (χ1n) is 20.5. The van der Waals surface area contributed by atoms with Gasteiger partial charge in [-0.05, 0) is 98.7 Å². The van der Waals surface area contributed by atoms with Crippen LogP contribution in [0.1, 0.15) is 92.4 Å². The number of allylic oxidation sites excluding steroid dienone is 1. The number of rotatable bonds is 7. The summed E-state index contributed by atoms with van der Waals surface area (Å²) in [6, 6.07) is 0. The van der Waals surface area contributed by atoms with Gasteiger partial charge < -0.3 is 54.0 Å². The predicted octanol–water partition coefficient (Wildman–Crippen LogP) is 2.22. The maximum Gasteiger partial charge on any atom is 0.397 e. The molecule has 0 aromatic heterocycles. The summed E-state index contributed by atoms with van der Waals surface area (Å²) in [4.78, 5) is 0. The molecule has 314 valence electrons. The van der Waals surface area contributed by atoms with Gasteiger partial charge in [0.2, 0.25) is 0 Å². The minimum Gasteiger partial charge on any atom is -0.394 e. The highest BCUT2D eigenvalue weighted by Crippen LogP contribution is 2.70. The Morgan fingerprint density at radius 2 is 1.62 bits per heavy atom. The molecule has 0 bridgehead atoms. The van der Waals surface area contributed by atoms with E-state index in [1.54, 1.807) is 0 Å². The molecule has 1 spiro atoms. The van der Waals surface area contributed by atoms with E-state index >= 15 is 0 Å². The van der Waals surface area contributed by atoms with Gasteiger partial charge in [-0.2, -0.15) is 8.42 Å². The Morgan fingerprint density at radius 1 is 0.873 bits per heavy atom. The molecule has 7 fully saturated rings. The first-order valence-corrected chi connectivity index (χ1v) is 21.9. The molecule has 0 aromatic carbocycles. The molecule has 4 heterocycles. The zero-order valence-corrected chi connectivity index (χ0v) is 33.3. The topological polar surface area (TPSA) is 220 Å². The van der Waals surface area contributed by atoms with Gasteiger partial charge in [-0.1, -0.05) is 39.3 Å². The molecule has 4 aliphatic carbocycles. The molecule has 0 amide bonds. The summed E-state index contributed by atoms with van der Waals surface area (Å²) in [6.45, 7) is 11.1. The summed E-state index contributed by atoms with van der Waals surface area (Å²) in [6.07, 6.45) is -4.22. The third kappa shape index (κ3) is 6.89. The lowest BCUT2D eigenvalue weighted by Gasteiger charge is -2.58. The molecule has 21 atom stereocenters. The van der Waals surface area contributed by atoms with Gasteiger partial charge in [0.05, 0.1) is 31.5 Å². The number of aliphatic hydroxyl groups is 5. The van der Waals surface area contributed by atoms with E-state index in [-0.39, 0.29) is 23.0 Å². The molecule has 15 nitrogen and oxygen atoms in total. The SMILES string of the molecule is C[C@@H]1CC[C@@]2(OC1)O[C@H]1C[C@@H]3[C@@H]4CC=C5C[C@@H](O[C@@H]6O[C@H](CO)[C@@H](O[C@H]7O[C@@H](C)[C@H](O)[C@@H](OS(=O)(=O)O)[C@H]7O)[C@H](O)[C@H]6O)CC[C@]5(C)[C@H]4CC[C@]3(C)[C@H]1[C@@H]2C. The normalized spacial score (nSPS) is 55.3. The van der Waals surface area contributed by atoms with E-state index in [0.29, 0.717) is 41.9 Å². The molecule has 3 saturated carbocycles. The average molecular weight is 803 g/mol. The van der Waals surface area contributed by atoms with E-state index in [9.17, 15) is 34.0 Å². The van der Waals surface area contributed by atoms with Crippen molar-refractivity contribution in [2.75, 3.05) is 13.2 Å². The number of fused-ring (bicyclic) bond motifs is 7. The fraction of sp³-hybridized carbons (Fsp3) is 0.949. The zero-order chi connectivity index (χ0) is 39.4. The van der Waals surface area contributed by atoms with Crippen LogP contribution < -0.4 is 0 Å². The highest BCUT2D eigenvalue weighted by molar-refractivity contribution is 7.80. The Balaban J connectivity index is 0.908. The first-order chi connectivity index (χ1) is 25.9. The second kappa shape index (κ2) is 14.7. The van der Waals surface area contributed by atoms with Crippen LogP contribution in [0.15, 0.2) is 11.6 Å². The van der Waals surface area contributed by atoms with Gasteiger partial charge >= 0.3 is 10.4 Å². The van der Waals surface area contributed by atoms with Crippen molar-refractivity contribution in [2.24, 2.45) is 46.3 Å². The highest BCUT2D eigenvalue weighted by Gasteiger charge is 2.69. The minimum atomic E-state index is -5.07. The van der Waals surface area contributed by atoms with Crippen LogP contribution in [0.25, 0.3) is 0 Å². The fourth-order valence-corrected chi connectivity index (χ4v) is 13.3. The molecule has 0 unspecified atom stereocenters. The van der Waals surface area contributed by atoms with E-state index in [2.05, 4.69) is 38.0 Å². The molecule has 0 radical (unpaired) electrons. The van der Waals surface area contributed by atoms with Crippen molar-refractivity contribution in [1.82, 2.24) is 0 Å². The minimum absolute atomic E-state index is 0.0265. The van der Waals surface area contributed by atoms with Crippen molar-refractivity contribution in [3.8, 4) is 0 Å². The summed E-state index contributed by atoms with van der Waals surface area (Å²) in [5.74, 6) is 2.78. The molecule has 8 rings (SSSR count). The Morgan fingerprint density at radius 3 is 2.31 bits per heavy atom. The van der Waals surface area contributed by atoms with Crippen molar-refractivity contribution in [3.63, 3.8) is 0 Å². The third-order valence-corrected chi connectivity index (χ3v) is 16.2. The van der Waals surface area contributed by atoms with Gasteiger partial charge in [0.1, 0.15) is 42.7 Å². The second-order valence-corrected chi connectivity index (χ2v) is 19.8. The zero-order valence-electron chi connectivity index (χ0n) is 32.5. The first kappa shape index (κ1) is 40.9. The van der Waals surface area contributed by atoms with E-state index < -0.39 is 84.2 Å². The van der Waals surface area contributed by atoms with Crippen LogP contribution in [0.2, 0.25) is 0 Å². The molecular formula is C39H62O15S. The predicted molar refractivity (Wildman–Crippen MR) is 192 cm³/mol. The molecule has 8 aliphatic rings. The monoisotopic (exact) mass is 802 g/mol. The molecule has 6 N–H and O–H groups in total. The third-order valence-electron chi connectivity index (χ3n) is 15.8. The van der Waals surface area contributed by atoms with Crippen LogP contribution in [0.5, 0.6) is 0 Å². The van der Waals surface area contributed by atoms with Crippen molar-refractivity contribution in [1.29, 1.82) is 0 Å². The van der Waals surface area contributed by atoms with Crippen molar-refractivity contribution >= 4 is 10.4 Å². The smallest absolute Gasteiger partial charge is 0.394 e. The maximum absolute atomic E-state index is 11.4.